The van der Waals surface area contributed by atoms with Gasteiger partial charge in [0.1, 0.15) is 5.82 Å². The van der Waals surface area contributed by atoms with Crippen LogP contribution >= 0.6 is 0 Å². The highest BCUT2D eigenvalue weighted by Crippen LogP contribution is 2.21. The first-order chi connectivity index (χ1) is 7.02. The average Bonchev–Trinajstić information content (AvgIpc) is 2.15. The van der Waals surface area contributed by atoms with Crippen molar-refractivity contribution in [3.63, 3.8) is 0 Å². The maximum atomic E-state index is 13.2. The summed E-state index contributed by atoms with van der Waals surface area (Å²) in [4.78, 5) is 10.5. The lowest BCUT2D eigenvalue weighted by atomic mass is 9.95. The van der Waals surface area contributed by atoms with Gasteiger partial charge in [-0.2, -0.15) is 0 Å². The molecule has 0 aromatic heterocycles. The Morgan fingerprint density at radius 3 is 2.67 bits per heavy atom. The molecule has 0 aliphatic rings. The number of aliphatic carboxylic acids is 1. The Morgan fingerprint density at radius 2 is 2.13 bits per heavy atom. The Kier molecular flexibility index (Phi) is 3.83. The van der Waals surface area contributed by atoms with E-state index in [4.69, 9.17) is 5.11 Å². The fraction of sp³-hybridized carbons (Fsp3) is 0.417. The van der Waals surface area contributed by atoms with Crippen LogP contribution in [0, 0.1) is 5.82 Å². The third-order valence-electron chi connectivity index (χ3n) is 2.44. The Labute approximate surface area is 88.7 Å². The minimum absolute atomic E-state index is 0.0343. The number of hydrogen-bond donors (Lipinski definition) is 1. The van der Waals surface area contributed by atoms with Gasteiger partial charge in [-0.3, -0.25) is 4.79 Å². The lowest BCUT2D eigenvalue weighted by molar-refractivity contribution is -0.137. The second kappa shape index (κ2) is 4.91. The van der Waals surface area contributed by atoms with Crippen LogP contribution in [0.1, 0.15) is 37.3 Å². The van der Waals surface area contributed by atoms with Crippen LogP contribution in [-0.4, -0.2) is 11.1 Å². The molecule has 0 bridgehead atoms. The Hall–Kier alpha value is -1.38. The first-order valence-corrected chi connectivity index (χ1v) is 5.04. The van der Waals surface area contributed by atoms with Crippen molar-refractivity contribution in [2.75, 3.05) is 0 Å². The number of benzene rings is 1. The maximum Gasteiger partial charge on any atom is 0.303 e. The summed E-state index contributed by atoms with van der Waals surface area (Å²) >= 11 is 0. The zero-order valence-corrected chi connectivity index (χ0v) is 8.96. The second-order valence-corrected chi connectivity index (χ2v) is 3.75. The normalized spacial score (nSPS) is 12.5. The molecule has 0 saturated carbocycles. The number of aryl methyl sites for hydroxylation is 1. The first kappa shape index (κ1) is 11.7. The number of halogens is 1. The smallest absolute Gasteiger partial charge is 0.303 e. The topological polar surface area (TPSA) is 37.3 Å². The highest BCUT2D eigenvalue weighted by Gasteiger charge is 2.11. The summed E-state index contributed by atoms with van der Waals surface area (Å²) in [6, 6.07) is 4.76. The standard InChI is InChI=1S/C12H15FO2/c1-3-9-5-10(7-11(13)6-9)8(2)4-12(14)15/h5-8H,3-4H2,1-2H3,(H,14,15). The first-order valence-electron chi connectivity index (χ1n) is 5.04. The Balaban J connectivity index is 2.92. The van der Waals surface area contributed by atoms with Gasteiger partial charge in [-0.1, -0.05) is 19.9 Å². The summed E-state index contributed by atoms with van der Waals surface area (Å²) in [5.41, 5.74) is 1.66. The van der Waals surface area contributed by atoms with Crippen LogP contribution < -0.4 is 0 Å². The van der Waals surface area contributed by atoms with Crippen LogP contribution in [0.25, 0.3) is 0 Å². The average molecular weight is 210 g/mol. The molecule has 0 aliphatic carbocycles. The van der Waals surface area contributed by atoms with E-state index in [0.29, 0.717) is 0 Å². The molecule has 15 heavy (non-hydrogen) atoms. The van der Waals surface area contributed by atoms with Gasteiger partial charge in [-0.15, -0.1) is 0 Å². The molecule has 82 valence electrons. The number of hydrogen-bond acceptors (Lipinski definition) is 1. The predicted octanol–water partition coefficient (Wildman–Crippen LogP) is 2.97. The molecule has 1 N–H and O–H groups in total. The van der Waals surface area contributed by atoms with Crippen molar-refractivity contribution in [1.29, 1.82) is 0 Å². The molecule has 0 saturated heterocycles. The van der Waals surface area contributed by atoms with Gasteiger partial charge >= 0.3 is 5.97 Å². The van der Waals surface area contributed by atoms with Gasteiger partial charge in [-0.25, -0.2) is 4.39 Å². The van der Waals surface area contributed by atoms with Gasteiger partial charge in [-0.05, 0) is 35.6 Å². The van der Waals surface area contributed by atoms with Gasteiger partial charge in [0.05, 0.1) is 6.42 Å². The van der Waals surface area contributed by atoms with Gasteiger partial charge < -0.3 is 5.11 Å². The molecule has 0 aliphatic heterocycles. The highest BCUT2D eigenvalue weighted by molar-refractivity contribution is 5.67. The fourth-order valence-electron chi connectivity index (χ4n) is 1.54. The quantitative estimate of drug-likeness (QED) is 0.829. The van der Waals surface area contributed by atoms with Gasteiger partial charge in [0.15, 0.2) is 0 Å². The number of carbonyl (C=O) groups is 1. The van der Waals surface area contributed by atoms with Crippen molar-refractivity contribution >= 4 is 5.97 Å². The largest absolute Gasteiger partial charge is 0.481 e. The molecular weight excluding hydrogens is 195 g/mol. The van der Waals surface area contributed by atoms with Crippen molar-refractivity contribution in [3.8, 4) is 0 Å². The lowest BCUT2D eigenvalue weighted by Gasteiger charge is -2.10. The van der Waals surface area contributed by atoms with E-state index in [2.05, 4.69) is 0 Å². The van der Waals surface area contributed by atoms with E-state index in [0.717, 1.165) is 17.5 Å². The summed E-state index contributed by atoms with van der Waals surface area (Å²) in [5.74, 6) is -1.30. The zero-order valence-electron chi connectivity index (χ0n) is 8.96. The van der Waals surface area contributed by atoms with Crippen LogP contribution in [-0.2, 0) is 11.2 Å². The molecule has 1 unspecified atom stereocenters. The summed E-state index contributed by atoms with van der Waals surface area (Å²) in [6.07, 6.45) is 0.789. The van der Waals surface area contributed by atoms with Crippen molar-refractivity contribution in [2.45, 2.75) is 32.6 Å². The molecule has 0 fully saturated rings. The van der Waals surface area contributed by atoms with E-state index in [1.165, 1.54) is 12.1 Å². The number of rotatable bonds is 4. The van der Waals surface area contributed by atoms with Crippen LogP contribution in [0.2, 0.25) is 0 Å². The second-order valence-electron chi connectivity index (χ2n) is 3.75. The molecule has 2 nitrogen and oxygen atoms in total. The van der Waals surface area contributed by atoms with Gasteiger partial charge in [0.25, 0.3) is 0 Å². The van der Waals surface area contributed by atoms with Crippen molar-refractivity contribution in [1.82, 2.24) is 0 Å². The minimum Gasteiger partial charge on any atom is -0.481 e. The maximum absolute atomic E-state index is 13.2. The number of carboxylic acids is 1. The van der Waals surface area contributed by atoms with E-state index in [1.807, 2.05) is 13.0 Å². The summed E-state index contributed by atoms with van der Waals surface area (Å²) in [7, 11) is 0. The molecule has 0 radical (unpaired) electrons. The SMILES string of the molecule is CCc1cc(F)cc(C(C)CC(=O)O)c1. The van der Waals surface area contributed by atoms with Crippen LogP contribution in [0.15, 0.2) is 18.2 Å². The predicted molar refractivity (Wildman–Crippen MR) is 56.4 cm³/mol. The lowest BCUT2D eigenvalue weighted by Crippen LogP contribution is -2.03. The van der Waals surface area contributed by atoms with Crippen molar-refractivity contribution in [2.24, 2.45) is 0 Å². The molecule has 0 heterocycles. The minimum atomic E-state index is -0.857. The highest BCUT2D eigenvalue weighted by atomic mass is 19.1. The molecular formula is C12H15FO2. The van der Waals surface area contributed by atoms with E-state index in [9.17, 15) is 9.18 Å². The fourth-order valence-corrected chi connectivity index (χ4v) is 1.54. The molecule has 1 rings (SSSR count). The number of carboxylic acid groups (broad SMARTS) is 1. The molecule has 1 atom stereocenters. The summed E-state index contributed by atoms with van der Waals surface area (Å²) in [5, 5.41) is 8.65. The van der Waals surface area contributed by atoms with Crippen molar-refractivity contribution < 1.29 is 14.3 Å². The molecule has 0 spiro atoms. The van der Waals surface area contributed by atoms with E-state index in [-0.39, 0.29) is 18.2 Å². The van der Waals surface area contributed by atoms with Gasteiger partial charge in [0, 0.05) is 0 Å². The van der Waals surface area contributed by atoms with E-state index >= 15 is 0 Å². The molecule has 0 amide bonds. The van der Waals surface area contributed by atoms with Gasteiger partial charge in [0.2, 0.25) is 0 Å². The third-order valence-corrected chi connectivity index (χ3v) is 2.44. The van der Waals surface area contributed by atoms with E-state index in [1.54, 1.807) is 6.92 Å². The van der Waals surface area contributed by atoms with Crippen molar-refractivity contribution in [3.05, 3.63) is 35.1 Å². The molecule has 1 aromatic rings. The van der Waals surface area contributed by atoms with Crippen LogP contribution in [0.4, 0.5) is 4.39 Å². The monoisotopic (exact) mass is 210 g/mol. The molecule has 1 aromatic carbocycles. The Bertz CT molecular complexity index is 361. The van der Waals surface area contributed by atoms with Crippen LogP contribution in [0.5, 0.6) is 0 Å². The summed E-state index contributed by atoms with van der Waals surface area (Å²) in [6.45, 7) is 3.74. The molecule has 3 heteroatoms. The van der Waals surface area contributed by atoms with Crippen LogP contribution in [0.3, 0.4) is 0 Å². The Morgan fingerprint density at radius 1 is 1.47 bits per heavy atom. The van der Waals surface area contributed by atoms with E-state index < -0.39 is 5.97 Å². The zero-order chi connectivity index (χ0) is 11.4. The summed E-state index contributed by atoms with van der Waals surface area (Å²) < 4.78 is 13.2. The third kappa shape index (κ3) is 3.35.